The Bertz CT molecular complexity index is 774. The number of hydrogen-bond acceptors (Lipinski definition) is 4. The summed E-state index contributed by atoms with van der Waals surface area (Å²) in [6, 6.07) is 8.13. The van der Waals surface area contributed by atoms with Crippen molar-refractivity contribution in [3.63, 3.8) is 0 Å². The molecule has 0 atom stereocenters. The second-order valence-electron chi connectivity index (χ2n) is 5.15. The van der Waals surface area contributed by atoms with Crippen LogP contribution >= 0.6 is 27.3 Å². The number of aliphatic imine (C=N–C) groups is 1. The number of thiophene rings is 1. The first kappa shape index (κ1) is 15.3. The number of ether oxygens (including phenoxy) is 1. The molecule has 0 saturated heterocycles. The van der Waals surface area contributed by atoms with Crippen LogP contribution in [0.2, 0.25) is 0 Å². The van der Waals surface area contributed by atoms with Gasteiger partial charge in [0.25, 0.3) is 0 Å². The Morgan fingerprint density at radius 3 is 2.95 bits per heavy atom. The zero-order chi connectivity index (χ0) is 15.5. The Kier molecular flexibility index (Phi) is 4.60. The van der Waals surface area contributed by atoms with Gasteiger partial charge < -0.3 is 4.74 Å². The highest BCUT2D eigenvalue weighted by molar-refractivity contribution is 9.10. The van der Waals surface area contributed by atoms with Crippen molar-refractivity contribution in [2.75, 3.05) is 7.11 Å². The highest BCUT2D eigenvalue weighted by Gasteiger charge is 2.20. The molecule has 2 aromatic rings. The molecule has 0 bridgehead atoms. The molecule has 0 unspecified atom stereocenters. The molecule has 1 aromatic heterocycles. The number of nitrogens with zero attached hydrogens (tertiary/aromatic N) is 2. The summed E-state index contributed by atoms with van der Waals surface area (Å²) in [7, 11) is 1.64. The van der Waals surface area contributed by atoms with E-state index in [1.807, 2.05) is 18.2 Å². The van der Waals surface area contributed by atoms with E-state index in [-0.39, 0.29) is 0 Å². The normalized spacial score (nSPS) is 13.9. The minimum absolute atomic E-state index is 0.755. The number of fused-ring (bicyclic) bond motifs is 1. The van der Waals surface area contributed by atoms with Crippen LogP contribution in [0.15, 0.2) is 27.7 Å². The summed E-state index contributed by atoms with van der Waals surface area (Å²) in [5.74, 6) is 0.770. The first-order valence-electron chi connectivity index (χ1n) is 7.15. The lowest BCUT2D eigenvalue weighted by atomic mass is 9.96. The number of nitriles is 1. The molecular weight excluding hydrogens is 360 g/mol. The zero-order valence-corrected chi connectivity index (χ0v) is 14.6. The summed E-state index contributed by atoms with van der Waals surface area (Å²) in [5.41, 5.74) is 2.86. The van der Waals surface area contributed by atoms with Gasteiger partial charge in [0.15, 0.2) is 0 Å². The zero-order valence-electron chi connectivity index (χ0n) is 12.2. The summed E-state index contributed by atoms with van der Waals surface area (Å²) >= 11 is 5.11. The Hall–Kier alpha value is -1.64. The predicted molar refractivity (Wildman–Crippen MR) is 93.6 cm³/mol. The molecule has 0 radical (unpaired) electrons. The van der Waals surface area contributed by atoms with E-state index in [1.54, 1.807) is 24.7 Å². The quantitative estimate of drug-likeness (QED) is 0.707. The van der Waals surface area contributed by atoms with Crippen molar-refractivity contribution in [3.8, 4) is 11.8 Å². The third-order valence-electron chi connectivity index (χ3n) is 3.78. The molecule has 1 aromatic carbocycles. The monoisotopic (exact) mass is 374 g/mol. The van der Waals surface area contributed by atoms with Crippen LogP contribution in [-0.4, -0.2) is 13.3 Å². The molecule has 0 amide bonds. The van der Waals surface area contributed by atoms with E-state index in [2.05, 4.69) is 27.0 Å². The summed E-state index contributed by atoms with van der Waals surface area (Å²) in [6.45, 7) is 0. The first-order chi connectivity index (χ1) is 10.7. The summed E-state index contributed by atoms with van der Waals surface area (Å²) in [5, 5.41) is 10.3. The summed E-state index contributed by atoms with van der Waals surface area (Å²) < 4.78 is 6.33. The van der Waals surface area contributed by atoms with Crippen molar-refractivity contribution in [2.24, 2.45) is 4.99 Å². The van der Waals surface area contributed by atoms with Crippen LogP contribution < -0.4 is 4.74 Å². The maximum Gasteiger partial charge on any atom is 0.134 e. The molecule has 0 N–H and O–H groups in total. The number of halogens is 1. The Morgan fingerprint density at radius 2 is 2.18 bits per heavy atom. The average molecular weight is 375 g/mol. The van der Waals surface area contributed by atoms with Gasteiger partial charge in [0, 0.05) is 21.1 Å². The van der Waals surface area contributed by atoms with Gasteiger partial charge in [-0.25, -0.2) is 4.99 Å². The SMILES string of the molecule is COc1ccc(Br)cc1/C=N/c1sc2c(c1C#N)CCCC2. The Morgan fingerprint density at radius 1 is 1.36 bits per heavy atom. The van der Waals surface area contributed by atoms with E-state index < -0.39 is 0 Å². The minimum Gasteiger partial charge on any atom is -0.496 e. The maximum atomic E-state index is 9.46. The van der Waals surface area contributed by atoms with Crippen molar-refractivity contribution in [1.29, 1.82) is 5.26 Å². The van der Waals surface area contributed by atoms with Gasteiger partial charge in [-0.1, -0.05) is 15.9 Å². The van der Waals surface area contributed by atoms with Gasteiger partial charge in [-0.3, -0.25) is 0 Å². The third-order valence-corrected chi connectivity index (χ3v) is 5.47. The van der Waals surface area contributed by atoms with Crippen LogP contribution in [0.1, 0.15) is 34.4 Å². The second-order valence-corrected chi connectivity index (χ2v) is 7.15. The fourth-order valence-electron chi connectivity index (χ4n) is 2.69. The van der Waals surface area contributed by atoms with Gasteiger partial charge in [0.05, 0.1) is 12.7 Å². The summed E-state index contributed by atoms with van der Waals surface area (Å²) in [6.07, 6.45) is 6.23. The average Bonchev–Trinajstić information content (AvgIpc) is 2.90. The number of aryl methyl sites for hydroxylation is 1. The lowest BCUT2D eigenvalue weighted by Crippen LogP contribution is -1.99. The molecule has 5 heteroatoms. The van der Waals surface area contributed by atoms with Crippen LogP contribution in [0, 0.1) is 11.3 Å². The molecule has 0 fully saturated rings. The van der Waals surface area contributed by atoms with Crippen LogP contribution in [0.4, 0.5) is 5.00 Å². The lowest BCUT2D eigenvalue weighted by Gasteiger charge is -2.09. The van der Waals surface area contributed by atoms with Gasteiger partial charge >= 0.3 is 0 Å². The molecule has 1 heterocycles. The van der Waals surface area contributed by atoms with Gasteiger partial charge in [-0.05, 0) is 49.4 Å². The van der Waals surface area contributed by atoms with Crippen LogP contribution in [0.25, 0.3) is 0 Å². The fourth-order valence-corrected chi connectivity index (χ4v) is 4.25. The molecular formula is C17H15BrN2OS. The highest BCUT2D eigenvalue weighted by Crippen LogP contribution is 2.39. The van der Waals surface area contributed by atoms with Crippen molar-refractivity contribution >= 4 is 38.5 Å². The second kappa shape index (κ2) is 6.64. The molecule has 0 aliphatic heterocycles. The largest absolute Gasteiger partial charge is 0.496 e. The molecule has 3 rings (SSSR count). The molecule has 1 aliphatic carbocycles. The van der Waals surface area contributed by atoms with Gasteiger partial charge in [0.2, 0.25) is 0 Å². The summed E-state index contributed by atoms with van der Waals surface area (Å²) in [4.78, 5) is 5.90. The van der Waals surface area contributed by atoms with Crippen molar-refractivity contribution in [2.45, 2.75) is 25.7 Å². The van der Waals surface area contributed by atoms with E-state index in [0.29, 0.717) is 0 Å². The van der Waals surface area contributed by atoms with E-state index in [4.69, 9.17) is 4.74 Å². The molecule has 1 aliphatic rings. The smallest absolute Gasteiger partial charge is 0.134 e. The Labute approximate surface area is 142 Å². The van der Waals surface area contributed by atoms with Crippen molar-refractivity contribution < 1.29 is 4.74 Å². The van der Waals surface area contributed by atoms with Crippen LogP contribution in [0.3, 0.4) is 0 Å². The maximum absolute atomic E-state index is 9.46. The standard InChI is InChI=1S/C17H15BrN2OS/c1-21-15-7-6-12(18)8-11(15)10-20-17-14(9-19)13-4-2-3-5-16(13)22-17/h6-8,10H,2-5H2,1H3/b20-10+. The highest BCUT2D eigenvalue weighted by atomic mass is 79.9. The molecule has 22 heavy (non-hydrogen) atoms. The van der Waals surface area contributed by atoms with Gasteiger partial charge in [-0.2, -0.15) is 5.26 Å². The van der Waals surface area contributed by atoms with E-state index in [0.717, 1.165) is 39.2 Å². The molecule has 0 spiro atoms. The number of benzene rings is 1. The first-order valence-corrected chi connectivity index (χ1v) is 8.76. The van der Waals surface area contributed by atoms with E-state index in [1.165, 1.54) is 23.3 Å². The predicted octanol–water partition coefficient (Wildman–Crippen LogP) is 5.02. The number of hydrogen-bond donors (Lipinski definition) is 0. The van der Waals surface area contributed by atoms with Gasteiger partial charge in [-0.15, -0.1) is 11.3 Å². The van der Waals surface area contributed by atoms with Gasteiger partial charge in [0.1, 0.15) is 16.8 Å². The minimum atomic E-state index is 0.755. The topological polar surface area (TPSA) is 45.4 Å². The third kappa shape index (κ3) is 2.94. The van der Waals surface area contributed by atoms with Crippen molar-refractivity contribution in [3.05, 3.63) is 44.2 Å². The van der Waals surface area contributed by atoms with Crippen LogP contribution in [-0.2, 0) is 12.8 Å². The molecule has 0 saturated carbocycles. The molecule has 3 nitrogen and oxygen atoms in total. The lowest BCUT2D eigenvalue weighted by molar-refractivity contribution is 0.414. The van der Waals surface area contributed by atoms with E-state index in [9.17, 15) is 5.26 Å². The number of rotatable bonds is 3. The molecule has 112 valence electrons. The van der Waals surface area contributed by atoms with E-state index >= 15 is 0 Å². The van der Waals surface area contributed by atoms with Crippen molar-refractivity contribution in [1.82, 2.24) is 0 Å². The Balaban J connectivity index is 1.98. The van der Waals surface area contributed by atoms with Crippen LogP contribution in [0.5, 0.6) is 5.75 Å². The number of methoxy groups -OCH3 is 1. The fraction of sp³-hybridized carbons (Fsp3) is 0.294.